The third-order valence-electron chi connectivity index (χ3n) is 2.36. The van der Waals surface area contributed by atoms with Crippen LogP contribution in [0.25, 0.3) is 0 Å². The van der Waals surface area contributed by atoms with Crippen molar-refractivity contribution >= 4 is 32.1 Å². The number of carbonyl (C=O) groups excluding carboxylic acids is 1. The Morgan fingerprint density at radius 2 is 1.55 bits per heavy atom. The quantitative estimate of drug-likeness (QED) is 0.752. The van der Waals surface area contributed by atoms with Crippen molar-refractivity contribution < 1.29 is 17.5 Å². The van der Waals surface area contributed by atoms with E-state index in [1.807, 2.05) is 44.4 Å². The molecular weight excluding hydrogens is 304 g/mol. The molecule has 0 atom stereocenters. The normalized spacial score (nSPS) is 12.6. The number of hydrogen-bond donors (Lipinski definition) is 0. The van der Waals surface area contributed by atoms with E-state index in [9.17, 15) is 4.79 Å². The van der Waals surface area contributed by atoms with Gasteiger partial charge in [0, 0.05) is 0 Å². The molecule has 1 aromatic rings. The zero-order chi connectivity index (χ0) is 15.4. The molecular formula is C13H24O4Si3. The Kier molecular flexibility index (Phi) is 5.90. The van der Waals surface area contributed by atoms with Crippen LogP contribution in [0.2, 0.25) is 39.3 Å². The lowest BCUT2D eigenvalue weighted by Crippen LogP contribution is -2.50. The molecule has 0 saturated heterocycles. The van der Waals surface area contributed by atoms with Crippen LogP contribution >= 0.6 is 0 Å². The number of carbonyl (C=O) groups is 1. The smallest absolute Gasteiger partial charge is 0.387 e. The minimum Gasteiger partial charge on any atom is -0.492 e. The number of benzene rings is 1. The van der Waals surface area contributed by atoms with E-state index in [0.717, 1.165) is 0 Å². The summed E-state index contributed by atoms with van der Waals surface area (Å²) in [6.45, 7) is 12.0. The lowest BCUT2D eigenvalue weighted by Gasteiger charge is -2.33. The van der Waals surface area contributed by atoms with Crippen molar-refractivity contribution in [2.75, 3.05) is 0 Å². The van der Waals surface area contributed by atoms with E-state index in [-0.39, 0.29) is 5.97 Å². The molecule has 0 amide bonds. The molecule has 0 aromatic heterocycles. The van der Waals surface area contributed by atoms with Gasteiger partial charge in [-0.2, -0.15) is 0 Å². The third-order valence-corrected chi connectivity index (χ3v) is 11.1. The second kappa shape index (κ2) is 6.81. The molecule has 0 aliphatic heterocycles. The van der Waals surface area contributed by atoms with Gasteiger partial charge in [0.1, 0.15) is 0 Å². The summed E-state index contributed by atoms with van der Waals surface area (Å²) in [7, 11) is -5.93. The van der Waals surface area contributed by atoms with Crippen molar-refractivity contribution in [1.82, 2.24) is 0 Å². The summed E-state index contributed by atoms with van der Waals surface area (Å²) in [5.41, 5.74) is 0.551. The average molecular weight is 329 g/mol. The van der Waals surface area contributed by atoms with Crippen LogP contribution in [0, 0.1) is 0 Å². The Morgan fingerprint density at radius 1 is 1.00 bits per heavy atom. The molecule has 1 aromatic carbocycles. The lowest BCUT2D eigenvalue weighted by atomic mass is 10.2. The Labute approximate surface area is 125 Å². The van der Waals surface area contributed by atoms with Crippen LogP contribution < -0.4 is 0 Å². The van der Waals surface area contributed by atoms with Gasteiger partial charge >= 0.3 is 23.1 Å². The van der Waals surface area contributed by atoms with E-state index in [1.54, 1.807) is 12.1 Å². The molecule has 7 heteroatoms. The molecule has 0 heterocycles. The molecule has 0 radical (unpaired) electrons. The highest BCUT2D eigenvalue weighted by Gasteiger charge is 2.39. The minimum absolute atomic E-state index is 0.325. The standard InChI is InChI=1S/C13H24O4Si3/c1-18(2)16-20(5,6)17-19(3,4)15-13(14)12-10-8-7-9-11-12/h7-11,18H,1-6H3. The van der Waals surface area contributed by atoms with E-state index in [4.69, 9.17) is 12.7 Å². The molecule has 0 unspecified atom stereocenters. The molecule has 0 spiro atoms. The molecule has 20 heavy (non-hydrogen) atoms. The third kappa shape index (κ3) is 6.14. The van der Waals surface area contributed by atoms with Crippen molar-refractivity contribution in [3.63, 3.8) is 0 Å². The van der Waals surface area contributed by atoms with Crippen molar-refractivity contribution in [2.45, 2.75) is 39.3 Å². The Bertz CT molecular complexity index is 446. The predicted molar refractivity (Wildman–Crippen MR) is 87.9 cm³/mol. The summed E-state index contributed by atoms with van der Waals surface area (Å²) in [4.78, 5) is 12.1. The first-order valence-electron chi connectivity index (χ1n) is 6.78. The Hall–Kier alpha value is -0.739. The van der Waals surface area contributed by atoms with E-state index >= 15 is 0 Å². The summed E-state index contributed by atoms with van der Waals surface area (Å²) in [5, 5.41) is 0. The van der Waals surface area contributed by atoms with Crippen LogP contribution in [-0.4, -0.2) is 32.1 Å². The fourth-order valence-corrected chi connectivity index (χ4v) is 12.7. The van der Waals surface area contributed by atoms with Gasteiger partial charge in [-0.15, -0.1) is 0 Å². The average Bonchev–Trinajstić information content (AvgIpc) is 2.25. The van der Waals surface area contributed by atoms with Crippen LogP contribution in [0.5, 0.6) is 0 Å². The lowest BCUT2D eigenvalue weighted by molar-refractivity contribution is 0.0686. The van der Waals surface area contributed by atoms with Crippen LogP contribution in [-0.2, 0) is 12.7 Å². The maximum atomic E-state index is 12.1. The van der Waals surface area contributed by atoms with Gasteiger partial charge in [-0.3, -0.25) is 0 Å². The van der Waals surface area contributed by atoms with Crippen LogP contribution in [0.3, 0.4) is 0 Å². The summed E-state index contributed by atoms with van der Waals surface area (Å²) in [6.07, 6.45) is 0. The largest absolute Gasteiger partial charge is 0.492 e. The number of rotatable bonds is 6. The highest BCUT2D eigenvalue weighted by molar-refractivity contribution is 6.82. The fraction of sp³-hybridized carbons (Fsp3) is 0.462. The highest BCUT2D eigenvalue weighted by atomic mass is 28.5. The zero-order valence-electron chi connectivity index (χ0n) is 13.1. The fourth-order valence-electron chi connectivity index (χ4n) is 2.06. The van der Waals surface area contributed by atoms with Gasteiger partial charge in [0.25, 0.3) is 0 Å². The summed E-state index contributed by atoms with van der Waals surface area (Å²) >= 11 is 0. The number of hydrogen-bond acceptors (Lipinski definition) is 4. The van der Waals surface area contributed by atoms with Crippen molar-refractivity contribution in [1.29, 1.82) is 0 Å². The maximum Gasteiger partial charge on any atom is 0.387 e. The SMILES string of the molecule is C[SiH](C)O[Si](C)(C)O[Si](C)(C)OC(=O)c1ccccc1. The van der Waals surface area contributed by atoms with Gasteiger partial charge < -0.3 is 12.7 Å². The van der Waals surface area contributed by atoms with Gasteiger partial charge in [-0.25, -0.2) is 4.79 Å². The van der Waals surface area contributed by atoms with Crippen molar-refractivity contribution in [2.24, 2.45) is 0 Å². The molecule has 1 rings (SSSR count). The molecule has 112 valence electrons. The van der Waals surface area contributed by atoms with Gasteiger partial charge in [0.05, 0.1) is 5.56 Å². The van der Waals surface area contributed by atoms with Crippen LogP contribution in [0.15, 0.2) is 30.3 Å². The minimum atomic E-state index is -2.54. The van der Waals surface area contributed by atoms with Crippen LogP contribution in [0.1, 0.15) is 10.4 Å². The first-order valence-corrected chi connectivity index (χ1v) is 15.2. The van der Waals surface area contributed by atoms with E-state index in [2.05, 4.69) is 13.1 Å². The molecule has 0 saturated carbocycles. The Morgan fingerprint density at radius 3 is 2.05 bits per heavy atom. The summed E-state index contributed by atoms with van der Waals surface area (Å²) in [5.74, 6) is -0.325. The van der Waals surface area contributed by atoms with E-state index in [0.29, 0.717) is 5.56 Å². The van der Waals surface area contributed by atoms with E-state index in [1.165, 1.54) is 0 Å². The van der Waals surface area contributed by atoms with Gasteiger partial charge in [-0.1, -0.05) is 18.2 Å². The monoisotopic (exact) mass is 328 g/mol. The van der Waals surface area contributed by atoms with Gasteiger partial charge in [-0.05, 0) is 51.4 Å². The summed E-state index contributed by atoms with van der Waals surface area (Å²) < 4.78 is 17.6. The predicted octanol–water partition coefficient (Wildman–Crippen LogP) is 3.26. The topological polar surface area (TPSA) is 44.8 Å². The first-order chi connectivity index (χ1) is 9.11. The van der Waals surface area contributed by atoms with E-state index < -0.39 is 26.2 Å². The molecule has 0 aliphatic rings. The first kappa shape index (κ1) is 17.3. The summed E-state index contributed by atoms with van der Waals surface area (Å²) in [6, 6.07) is 8.99. The zero-order valence-corrected chi connectivity index (χ0v) is 16.3. The molecule has 4 nitrogen and oxygen atoms in total. The molecule has 0 bridgehead atoms. The van der Waals surface area contributed by atoms with Gasteiger partial charge in [0.2, 0.25) is 0 Å². The molecule has 0 N–H and O–H groups in total. The maximum absolute atomic E-state index is 12.1. The highest BCUT2D eigenvalue weighted by Crippen LogP contribution is 2.19. The Balaban J connectivity index is 2.68. The molecule has 0 fully saturated rings. The second-order valence-corrected chi connectivity index (χ2v) is 15.5. The van der Waals surface area contributed by atoms with Crippen LogP contribution in [0.4, 0.5) is 0 Å². The van der Waals surface area contributed by atoms with Gasteiger partial charge in [0.15, 0.2) is 9.04 Å². The molecule has 0 aliphatic carbocycles. The second-order valence-electron chi connectivity index (χ2n) is 5.82. The van der Waals surface area contributed by atoms with Crippen molar-refractivity contribution in [3.8, 4) is 0 Å². The van der Waals surface area contributed by atoms with Crippen molar-refractivity contribution in [3.05, 3.63) is 35.9 Å².